The SMILES string of the molecule is c1ccc(-c2ccc(-n3c4ccccc4c4ccc(-c5cccc6c5c5ccccc5n6-c5ccccc5)cc43)cc2)cc1. The molecule has 0 atom stereocenters. The maximum atomic E-state index is 2.41. The second kappa shape index (κ2) is 9.86. The van der Waals surface area contributed by atoms with Crippen LogP contribution in [0.15, 0.2) is 170 Å². The van der Waals surface area contributed by atoms with Crippen LogP contribution in [-0.2, 0) is 0 Å². The molecule has 0 unspecified atom stereocenters. The number of hydrogen-bond acceptors (Lipinski definition) is 0. The summed E-state index contributed by atoms with van der Waals surface area (Å²) in [5, 5.41) is 5.07. The average molecular weight is 561 g/mol. The number of fused-ring (bicyclic) bond motifs is 6. The quantitative estimate of drug-likeness (QED) is 0.203. The molecule has 7 aromatic carbocycles. The normalized spacial score (nSPS) is 11.6. The van der Waals surface area contributed by atoms with Crippen LogP contribution >= 0.6 is 0 Å². The van der Waals surface area contributed by atoms with E-state index >= 15 is 0 Å². The molecular formula is C42H28N2. The van der Waals surface area contributed by atoms with Crippen molar-refractivity contribution in [2.45, 2.75) is 0 Å². The summed E-state index contributed by atoms with van der Waals surface area (Å²) in [6.07, 6.45) is 0. The van der Waals surface area contributed by atoms with E-state index in [0.717, 1.165) is 5.69 Å². The average Bonchev–Trinajstić information content (AvgIpc) is 3.62. The summed E-state index contributed by atoms with van der Waals surface area (Å²) in [6.45, 7) is 0. The molecule has 0 fully saturated rings. The Morgan fingerprint density at radius 1 is 0.295 bits per heavy atom. The van der Waals surface area contributed by atoms with Gasteiger partial charge in [-0.1, -0.05) is 121 Å². The highest BCUT2D eigenvalue weighted by molar-refractivity contribution is 6.17. The molecule has 0 saturated carbocycles. The van der Waals surface area contributed by atoms with Gasteiger partial charge in [-0.3, -0.25) is 0 Å². The first-order valence-electron chi connectivity index (χ1n) is 15.1. The fourth-order valence-electron chi connectivity index (χ4n) is 6.96. The molecule has 0 amide bonds. The second-order valence-corrected chi connectivity index (χ2v) is 11.4. The molecule has 0 aliphatic carbocycles. The maximum absolute atomic E-state index is 2.41. The van der Waals surface area contributed by atoms with Crippen molar-refractivity contribution in [2.75, 3.05) is 0 Å². The first kappa shape index (κ1) is 24.7. The molecule has 0 aliphatic heterocycles. The van der Waals surface area contributed by atoms with Gasteiger partial charge in [0.25, 0.3) is 0 Å². The van der Waals surface area contributed by atoms with Crippen molar-refractivity contribution in [3.05, 3.63) is 170 Å². The van der Waals surface area contributed by atoms with E-state index in [4.69, 9.17) is 0 Å². The van der Waals surface area contributed by atoms with Crippen molar-refractivity contribution >= 4 is 43.6 Å². The number of para-hydroxylation sites is 3. The summed E-state index contributed by atoms with van der Waals surface area (Å²) < 4.78 is 4.80. The topological polar surface area (TPSA) is 9.86 Å². The fourth-order valence-corrected chi connectivity index (χ4v) is 6.96. The van der Waals surface area contributed by atoms with E-state index in [9.17, 15) is 0 Å². The van der Waals surface area contributed by atoms with Crippen LogP contribution in [0.25, 0.3) is 77.2 Å². The van der Waals surface area contributed by atoms with Gasteiger partial charge in [-0.05, 0) is 70.8 Å². The van der Waals surface area contributed by atoms with E-state index in [1.807, 2.05) is 0 Å². The zero-order valence-electron chi connectivity index (χ0n) is 24.1. The molecule has 206 valence electrons. The molecule has 0 bridgehead atoms. The van der Waals surface area contributed by atoms with Crippen molar-refractivity contribution in [3.63, 3.8) is 0 Å². The van der Waals surface area contributed by atoms with E-state index in [0.29, 0.717) is 0 Å². The lowest BCUT2D eigenvalue weighted by atomic mass is 9.98. The Bertz CT molecular complexity index is 2460. The highest BCUT2D eigenvalue weighted by atomic mass is 15.0. The van der Waals surface area contributed by atoms with Gasteiger partial charge in [0.2, 0.25) is 0 Å². The van der Waals surface area contributed by atoms with Crippen LogP contribution in [0.4, 0.5) is 0 Å². The monoisotopic (exact) mass is 560 g/mol. The van der Waals surface area contributed by atoms with Gasteiger partial charge in [0.15, 0.2) is 0 Å². The predicted molar refractivity (Wildman–Crippen MR) is 186 cm³/mol. The lowest BCUT2D eigenvalue weighted by Crippen LogP contribution is -1.94. The van der Waals surface area contributed by atoms with Crippen molar-refractivity contribution in [2.24, 2.45) is 0 Å². The van der Waals surface area contributed by atoms with Crippen LogP contribution in [-0.4, -0.2) is 9.13 Å². The summed E-state index contributed by atoms with van der Waals surface area (Å²) in [6, 6.07) is 61.4. The van der Waals surface area contributed by atoms with Crippen LogP contribution in [0.2, 0.25) is 0 Å². The highest BCUT2D eigenvalue weighted by Gasteiger charge is 2.18. The maximum Gasteiger partial charge on any atom is 0.0547 e. The number of nitrogens with zero attached hydrogens (tertiary/aromatic N) is 2. The van der Waals surface area contributed by atoms with Crippen LogP contribution in [0.3, 0.4) is 0 Å². The molecular weight excluding hydrogens is 532 g/mol. The van der Waals surface area contributed by atoms with Crippen molar-refractivity contribution in [1.29, 1.82) is 0 Å². The Labute approximate surface area is 255 Å². The molecule has 2 aromatic heterocycles. The fraction of sp³-hybridized carbons (Fsp3) is 0. The summed E-state index contributed by atoms with van der Waals surface area (Å²) in [5.41, 5.74) is 12.1. The lowest BCUT2D eigenvalue weighted by molar-refractivity contribution is 1.18. The number of rotatable bonds is 4. The van der Waals surface area contributed by atoms with E-state index in [-0.39, 0.29) is 0 Å². The minimum atomic E-state index is 1.16. The van der Waals surface area contributed by atoms with E-state index in [1.54, 1.807) is 0 Å². The Morgan fingerprint density at radius 3 is 1.59 bits per heavy atom. The summed E-state index contributed by atoms with van der Waals surface area (Å²) in [5.74, 6) is 0. The summed E-state index contributed by atoms with van der Waals surface area (Å²) >= 11 is 0. The second-order valence-electron chi connectivity index (χ2n) is 11.4. The molecule has 2 nitrogen and oxygen atoms in total. The smallest absolute Gasteiger partial charge is 0.0547 e. The minimum Gasteiger partial charge on any atom is -0.309 e. The van der Waals surface area contributed by atoms with Crippen LogP contribution in [0, 0.1) is 0 Å². The molecule has 2 heteroatoms. The Morgan fingerprint density at radius 2 is 0.818 bits per heavy atom. The van der Waals surface area contributed by atoms with Gasteiger partial charge in [0.05, 0.1) is 22.1 Å². The molecule has 9 rings (SSSR count). The first-order chi connectivity index (χ1) is 21.8. The molecule has 9 aromatic rings. The highest BCUT2D eigenvalue weighted by Crippen LogP contribution is 2.41. The first-order valence-corrected chi connectivity index (χ1v) is 15.1. The van der Waals surface area contributed by atoms with Gasteiger partial charge < -0.3 is 9.13 Å². The molecule has 0 saturated heterocycles. The third-order valence-electron chi connectivity index (χ3n) is 8.93. The van der Waals surface area contributed by atoms with Crippen LogP contribution in [0.1, 0.15) is 0 Å². The molecule has 0 radical (unpaired) electrons. The van der Waals surface area contributed by atoms with E-state index in [1.165, 1.54) is 71.6 Å². The third kappa shape index (κ3) is 3.75. The van der Waals surface area contributed by atoms with Gasteiger partial charge >= 0.3 is 0 Å². The Kier molecular flexibility index (Phi) is 5.54. The van der Waals surface area contributed by atoms with Crippen molar-refractivity contribution in [3.8, 4) is 33.6 Å². The third-order valence-corrected chi connectivity index (χ3v) is 8.93. The van der Waals surface area contributed by atoms with E-state index < -0.39 is 0 Å². The van der Waals surface area contributed by atoms with Gasteiger partial charge in [0, 0.05) is 32.9 Å². The molecule has 2 heterocycles. The van der Waals surface area contributed by atoms with Gasteiger partial charge in [-0.25, -0.2) is 0 Å². The van der Waals surface area contributed by atoms with Crippen LogP contribution in [0.5, 0.6) is 0 Å². The van der Waals surface area contributed by atoms with Gasteiger partial charge in [-0.2, -0.15) is 0 Å². The Hall–Kier alpha value is -5.86. The number of aromatic nitrogens is 2. The molecule has 0 spiro atoms. The number of hydrogen-bond donors (Lipinski definition) is 0. The summed E-state index contributed by atoms with van der Waals surface area (Å²) in [4.78, 5) is 0. The standard InChI is InChI=1S/C42H28N2/c1-3-12-29(13-4-1)30-22-25-33(26-23-30)44-38-19-9-7-16-35(38)36-27-24-31(28-41(36)44)34-18-11-21-40-42(34)37-17-8-10-20-39(37)43(40)32-14-5-2-6-15-32/h1-28H. The van der Waals surface area contributed by atoms with Gasteiger partial charge in [0.1, 0.15) is 0 Å². The van der Waals surface area contributed by atoms with Crippen molar-refractivity contribution < 1.29 is 0 Å². The lowest BCUT2D eigenvalue weighted by Gasteiger charge is -2.11. The molecule has 0 N–H and O–H groups in total. The van der Waals surface area contributed by atoms with Crippen molar-refractivity contribution in [1.82, 2.24) is 9.13 Å². The Balaban J connectivity index is 1.29. The van der Waals surface area contributed by atoms with Gasteiger partial charge in [-0.15, -0.1) is 0 Å². The summed E-state index contributed by atoms with van der Waals surface area (Å²) in [7, 11) is 0. The minimum absolute atomic E-state index is 1.16. The predicted octanol–water partition coefficient (Wildman–Crippen LogP) is 11.2. The largest absolute Gasteiger partial charge is 0.309 e. The molecule has 44 heavy (non-hydrogen) atoms. The van der Waals surface area contributed by atoms with Crippen LogP contribution < -0.4 is 0 Å². The van der Waals surface area contributed by atoms with E-state index in [2.05, 4.69) is 179 Å². The molecule has 0 aliphatic rings. The zero-order valence-corrected chi connectivity index (χ0v) is 24.1. The number of benzene rings is 7. The zero-order chi connectivity index (χ0) is 29.0.